The number of aromatic carboxylic acids is 1. The molecule has 9 nitrogen and oxygen atoms in total. The zero-order valence-electron chi connectivity index (χ0n) is 18.5. The number of nitrogens with one attached hydrogen (secondary N) is 2. The number of carboxylic acids is 1. The molecule has 0 spiro atoms. The van der Waals surface area contributed by atoms with Crippen LogP contribution in [-0.2, 0) is 11.3 Å². The van der Waals surface area contributed by atoms with Crippen LogP contribution in [0.3, 0.4) is 0 Å². The number of halogens is 2. The Labute approximate surface area is 215 Å². The van der Waals surface area contributed by atoms with E-state index in [9.17, 15) is 14.4 Å². The number of carboxylic acid groups (broad SMARTS) is 1. The van der Waals surface area contributed by atoms with Gasteiger partial charge in [-0.3, -0.25) is 9.59 Å². The fourth-order valence-electron chi connectivity index (χ4n) is 3.06. The summed E-state index contributed by atoms with van der Waals surface area (Å²) in [7, 11) is 0. The summed E-state index contributed by atoms with van der Waals surface area (Å²) in [6.45, 7) is 5.88. The zero-order chi connectivity index (χ0) is 25.5. The number of aromatic nitrogens is 3. The molecule has 0 fully saturated rings. The predicted molar refractivity (Wildman–Crippen MR) is 135 cm³/mol. The van der Waals surface area contributed by atoms with Gasteiger partial charge in [0.15, 0.2) is 11.0 Å². The second-order valence-corrected chi connectivity index (χ2v) is 9.06. The lowest BCUT2D eigenvalue weighted by atomic mass is 10.2. The van der Waals surface area contributed by atoms with Crippen molar-refractivity contribution in [3.05, 3.63) is 82.1 Å². The van der Waals surface area contributed by atoms with Gasteiger partial charge in [0, 0.05) is 17.3 Å². The first kappa shape index (κ1) is 26.3. The zero-order valence-corrected chi connectivity index (χ0v) is 20.8. The SMILES string of the molecule is C=CCn1c(SCC(=O)Nc2ccc(C(=O)O)cc2)nnc1[C@@H](C)NC(=O)c1ccc(Cl)cc1Cl. The number of hydrogen-bond donors (Lipinski definition) is 3. The Bertz CT molecular complexity index is 1260. The number of rotatable bonds is 10. The van der Waals surface area contributed by atoms with Gasteiger partial charge in [0.1, 0.15) is 0 Å². The van der Waals surface area contributed by atoms with Gasteiger partial charge < -0.3 is 20.3 Å². The van der Waals surface area contributed by atoms with Gasteiger partial charge in [-0.25, -0.2) is 4.79 Å². The van der Waals surface area contributed by atoms with Crippen molar-refractivity contribution in [2.24, 2.45) is 0 Å². The Kier molecular flexibility index (Phi) is 8.91. The highest BCUT2D eigenvalue weighted by Gasteiger charge is 2.21. The maximum atomic E-state index is 12.7. The average molecular weight is 534 g/mol. The summed E-state index contributed by atoms with van der Waals surface area (Å²) in [6.07, 6.45) is 1.66. The van der Waals surface area contributed by atoms with Crippen molar-refractivity contribution in [1.82, 2.24) is 20.1 Å². The van der Waals surface area contributed by atoms with Gasteiger partial charge in [0.2, 0.25) is 5.91 Å². The second-order valence-electron chi connectivity index (χ2n) is 7.28. The van der Waals surface area contributed by atoms with E-state index in [4.69, 9.17) is 28.3 Å². The molecular formula is C23H21Cl2N5O4S. The molecule has 3 rings (SSSR count). The first-order chi connectivity index (χ1) is 16.7. The Morgan fingerprint density at radius 1 is 1.17 bits per heavy atom. The van der Waals surface area contributed by atoms with Crippen molar-refractivity contribution in [2.75, 3.05) is 11.1 Å². The molecule has 2 amide bonds. The number of carbonyl (C=O) groups excluding carboxylic acids is 2. The Hall–Kier alpha value is -3.34. The summed E-state index contributed by atoms with van der Waals surface area (Å²) < 4.78 is 1.75. The highest BCUT2D eigenvalue weighted by molar-refractivity contribution is 7.99. The lowest BCUT2D eigenvalue weighted by Gasteiger charge is -2.16. The quantitative estimate of drug-likeness (QED) is 0.255. The minimum atomic E-state index is -1.04. The summed E-state index contributed by atoms with van der Waals surface area (Å²) >= 11 is 13.2. The number of allylic oxidation sites excluding steroid dienone is 1. The van der Waals surface area contributed by atoms with Crippen LogP contribution in [0.1, 0.15) is 39.5 Å². The molecule has 0 aliphatic heterocycles. The second kappa shape index (κ2) is 11.9. The molecule has 3 N–H and O–H groups in total. The van der Waals surface area contributed by atoms with Gasteiger partial charge in [0.25, 0.3) is 5.91 Å². The molecule has 12 heteroatoms. The number of carbonyl (C=O) groups is 3. The molecule has 1 heterocycles. The minimum Gasteiger partial charge on any atom is -0.478 e. The molecule has 35 heavy (non-hydrogen) atoms. The van der Waals surface area contributed by atoms with E-state index in [0.29, 0.717) is 28.2 Å². The highest BCUT2D eigenvalue weighted by atomic mass is 35.5. The Morgan fingerprint density at radius 2 is 1.89 bits per heavy atom. The molecule has 1 aromatic heterocycles. The number of amides is 2. The Morgan fingerprint density at radius 3 is 2.51 bits per heavy atom. The standard InChI is InChI=1S/C23H21Cl2N5O4S/c1-3-10-30-20(13(2)26-21(32)17-9-6-15(24)11-18(17)25)28-29-23(30)35-12-19(31)27-16-7-4-14(5-8-16)22(33)34/h3-9,11,13H,1,10,12H2,2H3,(H,26,32)(H,27,31)(H,33,34)/t13-/m1/s1. The summed E-state index contributed by atoms with van der Waals surface area (Å²) in [5.74, 6) is -1.22. The molecule has 0 unspecified atom stereocenters. The van der Waals surface area contributed by atoms with Gasteiger partial charge in [-0.1, -0.05) is 41.0 Å². The van der Waals surface area contributed by atoms with Gasteiger partial charge in [-0.15, -0.1) is 16.8 Å². The van der Waals surface area contributed by atoms with Crippen molar-refractivity contribution in [3.63, 3.8) is 0 Å². The number of hydrogen-bond acceptors (Lipinski definition) is 6. The topological polar surface area (TPSA) is 126 Å². The molecule has 0 aliphatic carbocycles. The average Bonchev–Trinajstić information content (AvgIpc) is 3.21. The molecule has 2 aromatic carbocycles. The first-order valence-electron chi connectivity index (χ1n) is 10.3. The molecule has 0 bridgehead atoms. The van der Waals surface area contributed by atoms with Crippen LogP contribution in [-0.4, -0.2) is 43.4 Å². The van der Waals surface area contributed by atoms with Crippen molar-refractivity contribution in [3.8, 4) is 0 Å². The molecule has 0 saturated carbocycles. The smallest absolute Gasteiger partial charge is 0.335 e. The third kappa shape index (κ3) is 6.84. The van der Waals surface area contributed by atoms with Crippen molar-refractivity contribution >= 4 is 58.4 Å². The molecule has 3 aromatic rings. The van der Waals surface area contributed by atoms with E-state index in [1.165, 1.54) is 48.2 Å². The van der Waals surface area contributed by atoms with E-state index in [-0.39, 0.29) is 27.8 Å². The van der Waals surface area contributed by atoms with Crippen molar-refractivity contribution < 1.29 is 19.5 Å². The molecule has 182 valence electrons. The summed E-state index contributed by atoms with van der Waals surface area (Å²) in [6, 6.07) is 9.93. The molecule has 0 saturated heterocycles. The van der Waals surface area contributed by atoms with Crippen LogP contribution in [0.5, 0.6) is 0 Å². The van der Waals surface area contributed by atoms with Crippen LogP contribution in [0.4, 0.5) is 5.69 Å². The monoisotopic (exact) mass is 533 g/mol. The Balaban J connectivity index is 1.66. The molecule has 0 radical (unpaired) electrons. The van der Waals surface area contributed by atoms with E-state index in [1.807, 2.05) is 0 Å². The summed E-state index contributed by atoms with van der Waals surface area (Å²) in [5, 5.41) is 24.0. The largest absolute Gasteiger partial charge is 0.478 e. The number of thioether (sulfide) groups is 1. The van der Waals surface area contributed by atoms with E-state index in [2.05, 4.69) is 27.4 Å². The van der Waals surface area contributed by atoms with Gasteiger partial charge in [0.05, 0.1) is 27.9 Å². The molecule has 1 atom stereocenters. The van der Waals surface area contributed by atoms with Crippen molar-refractivity contribution in [2.45, 2.75) is 24.7 Å². The normalized spacial score (nSPS) is 11.5. The lowest BCUT2D eigenvalue weighted by molar-refractivity contribution is -0.113. The fraction of sp³-hybridized carbons (Fsp3) is 0.174. The maximum Gasteiger partial charge on any atom is 0.335 e. The van der Waals surface area contributed by atoms with Gasteiger partial charge in [-0.2, -0.15) is 0 Å². The van der Waals surface area contributed by atoms with Crippen LogP contribution >= 0.6 is 35.0 Å². The predicted octanol–water partition coefficient (Wildman–Crippen LogP) is 4.69. The van der Waals surface area contributed by atoms with Crippen LogP contribution in [0, 0.1) is 0 Å². The van der Waals surface area contributed by atoms with E-state index in [1.54, 1.807) is 23.6 Å². The molecule has 0 aliphatic rings. The van der Waals surface area contributed by atoms with Crippen LogP contribution in [0.15, 0.2) is 60.3 Å². The van der Waals surface area contributed by atoms with Gasteiger partial charge >= 0.3 is 5.97 Å². The third-order valence-electron chi connectivity index (χ3n) is 4.72. The highest BCUT2D eigenvalue weighted by Crippen LogP contribution is 2.24. The first-order valence-corrected chi connectivity index (χ1v) is 12.0. The third-order valence-corrected chi connectivity index (χ3v) is 6.23. The van der Waals surface area contributed by atoms with E-state index >= 15 is 0 Å². The molecular weight excluding hydrogens is 513 g/mol. The van der Waals surface area contributed by atoms with Crippen LogP contribution in [0.2, 0.25) is 10.0 Å². The van der Waals surface area contributed by atoms with E-state index in [0.717, 1.165) is 0 Å². The number of benzene rings is 2. The van der Waals surface area contributed by atoms with Gasteiger partial charge in [-0.05, 0) is 49.4 Å². The van der Waals surface area contributed by atoms with Crippen molar-refractivity contribution in [1.29, 1.82) is 0 Å². The number of anilines is 1. The van der Waals surface area contributed by atoms with Crippen LogP contribution < -0.4 is 10.6 Å². The van der Waals surface area contributed by atoms with E-state index < -0.39 is 17.9 Å². The summed E-state index contributed by atoms with van der Waals surface area (Å²) in [5.41, 5.74) is 0.883. The number of nitrogens with zero attached hydrogens (tertiary/aromatic N) is 3. The fourth-order valence-corrected chi connectivity index (χ4v) is 4.31. The minimum absolute atomic E-state index is 0.0388. The summed E-state index contributed by atoms with van der Waals surface area (Å²) in [4.78, 5) is 36.0. The maximum absolute atomic E-state index is 12.7. The van der Waals surface area contributed by atoms with Crippen LogP contribution in [0.25, 0.3) is 0 Å². The lowest BCUT2D eigenvalue weighted by Crippen LogP contribution is -2.29.